The van der Waals surface area contributed by atoms with Crippen molar-refractivity contribution in [2.75, 3.05) is 10.6 Å². The van der Waals surface area contributed by atoms with Gasteiger partial charge in [-0.1, -0.05) is 22.4 Å². The highest BCUT2D eigenvalue weighted by Crippen LogP contribution is 2.24. The Morgan fingerprint density at radius 2 is 1.25 bits per heavy atom. The van der Waals surface area contributed by atoms with E-state index in [1.54, 1.807) is 36.7 Å². The van der Waals surface area contributed by atoms with E-state index in [4.69, 9.17) is 18.5 Å². The molecule has 2 amide bonds. The van der Waals surface area contributed by atoms with Crippen LogP contribution in [0.15, 0.2) is 94.2 Å². The van der Waals surface area contributed by atoms with Crippen molar-refractivity contribution in [3.63, 3.8) is 0 Å². The summed E-state index contributed by atoms with van der Waals surface area (Å²) in [4.78, 5) is 29.6. The quantitative estimate of drug-likeness (QED) is 0.123. The number of nitrogens with one attached hydrogen (secondary N) is 2. The molecular weight excluding hydrogens is 646 g/mol. The zero-order chi connectivity index (χ0) is 35.9. The first-order valence-corrected chi connectivity index (χ1v) is 16.6. The molecule has 0 fully saturated rings. The van der Waals surface area contributed by atoms with Gasteiger partial charge in [0.15, 0.2) is 0 Å². The molecule has 2 N–H and O–H groups in total. The van der Waals surface area contributed by atoms with Crippen molar-refractivity contribution in [2.24, 2.45) is 0 Å². The SMILES string of the molecule is Cc1ccncc1NC(=O)c1ccc(OCc2c(CCc3noc(C)c3COc3ccc(NC(=O)c4cccc(C)c4C)cc3)noc2C)cc1. The van der Waals surface area contributed by atoms with Crippen molar-refractivity contribution < 1.29 is 28.1 Å². The number of nitrogens with zero attached hydrogens (tertiary/aromatic N) is 3. The summed E-state index contributed by atoms with van der Waals surface area (Å²) >= 11 is 0. The first-order valence-electron chi connectivity index (χ1n) is 16.6. The van der Waals surface area contributed by atoms with Gasteiger partial charge in [0.2, 0.25) is 0 Å². The molecule has 0 aliphatic rings. The van der Waals surface area contributed by atoms with Crippen molar-refractivity contribution in [3.05, 3.63) is 147 Å². The summed E-state index contributed by atoms with van der Waals surface area (Å²) in [6.07, 6.45) is 4.42. The van der Waals surface area contributed by atoms with Gasteiger partial charge in [0.05, 0.1) is 34.4 Å². The number of hydrogen-bond donors (Lipinski definition) is 2. The highest BCUT2D eigenvalue weighted by molar-refractivity contribution is 6.05. The van der Waals surface area contributed by atoms with Crippen molar-refractivity contribution in [2.45, 2.75) is 60.7 Å². The van der Waals surface area contributed by atoms with Crippen LogP contribution in [0, 0.1) is 34.6 Å². The first kappa shape index (κ1) is 34.6. The van der Waals surface area contributed by atoms with Crippen molar-refractivity contribution in [1.82, 2.24) is 15.3 Å². The smallest absolute Gasteiger partial charge is 0.255 e. The molecule has 11 nitrogen and oxygen atoms in total. The maximum atomic E-state index is 12.8. The van der Waals surface area contributed by atoms with Crippen LogP contribution < -0.4 is 20.1 Å². The van der Waals surface area contributed by atoms with E-state index >= 15 is 0 Å². The van der Waals surface area contributed by atoms with Crippen LogP contribution in [0.25, 0.3) is 0 Å². The first-order chi connectivity index (χ1) is 24.7. The number of carbonyl (C=O) groups excluding carboxylic acids is 2. The van der Waals surface area contributed by atoms with Gasteiger partial charge in [0, 0.05) is 23.0 Å². The second-order valence-corrected chi connectivity index (χ2v) is 12.3. The molecule has 6 aromatic rings. The number of amides is 2. The molecule has 0 saturated carbocycles. The molecule has 0 spiro atoms. The number of ether oxygens (including phenoxy) is 2. The molecule has 0 aliphatic heterocycles. The third kappa shape index (κ3) is 8.33. The molecule has 3 aromatic heterocycles. The number of anilines is 2. The van der Waals surface area contributed by atoms with E-state index in [0.717, 1.165) is 39.2 Å². The van der Waals surface area contributed by atoms with Crippen molar-refractivity contribution in [3.8, 4) is 11.5 Å². The van der Waals surface area contributed by atoms with E-state index in [1.165, 1.54) is 0 Å². The summed E-state index contributed by atoms with van der Waals surface area (Å²) in [5, 5.41) is 14.4. The van der Waals surface area contributed by atoms with Gasteiger partial charge in [-0.25, -0.2) is 0 Å². The molecule has 11 heteroatoms. The van der Waals surface area contributed by atoms with Crippen LogP contribution in [-0.2, 0) is 26.1 Å². The number of benzene rings is 3. The molecule has 0 atom stereocenters. The minimum absolute atomic E-state index is 0.153. The Morgan fingerprint density at radius 1 is 0.667 bits per heavy atom. The maximum Gasteiger partial charge on any atom is 0.255 e. The van der Waals surface area contributed by atoms with E-state index in [1.807, 2.05) is 83.1 Å². The number of aryl methyl sites for hydroxylation is 6. The summed E-state index contributed by atoms with van der Waals surface area (Å²) in [6.45, 7) is 10.1. The van der Waals surface area contributed by atoms with Gasteiger partial charge in [-0.15, -0.1) is 0 Å². The normalized spacial score (nSPS) is 10.9. The fraction of sp³-hybridized carbons (Fsp3) is 0.225. The summed E-state index contributed by atoms with van der Waals surface area (Å²) < 4.78 is 23.2. The monoisotopic (exact) mass is 685 g/mol. The minimum atomic E-state index is -0.227. The van der Waals surface area contributed by atoms with Crippen molar-refractivity contribution in [1.29, 1.82) is 0 Å². The lowest BCUT2D eigenvalue weighted by Crippen LogP contribution is -2.13. The molecule has 0 unspecified atom stereocenters. The Bertz CT molecular complexity index is 2150. The Morgan fingerprint density at radius 3 is 1.84 bits per heavy atom. The third-order valence-corrected chi connectivity index (χ3v) is 8.86. The van der Waals surface area contributed by atoms with Gasteiger partial charge < -0.3 is 29.2 Å². The lowest BCUT2D eigenvalue weighted by molar-refractivity contribution is 0.101. The fourth-order valence-electron chi connectivity index (χ4n) is 5.51. The fourth-order valence-corrected chi connectivity index (χ4v) is 5.51. The molecule has 51 heavy (non-hydrogen) atoms. The van der Waals surface area contributed by atoms with E-state index in [-0.39, 0.29) is 25.0 Å². The average molecular weight is 686 g/mol. The van der Waals surface area contributed by atoms with Gasteiger partial charge in [0.1, 0.15) is 36.2 Å². The molecule has 3 heterocycles. The van der Waals surface area contributed by atoms with Gasteiger partial charge in [-0.2, -0.15) is 0 Å². The minimum Gasteiger partial charge on any atom is -0.489 e. The van der Waals surface area contributed by atoms with Gasteiger partial charge in [0.25, 0.3) is 11.8 Å². The van der Waals surface area contributed by atoms with Gasteiger partial charge in [-0.05, 0) is 125 Å². The third-order valence-electron chi connectivity index (χ3n) is 8.86. The van der Waals surface area contributed by atoms with E-state index in [0.29, 0.717) is 58.4 Å². The zero-order valence-electron chi connectivity index (χ0n) is 29.2. The predicted octanol–water partition coefficient (Wildman–Crippen LogP) is 8.05. The predicted molar refractivity (Wildman–Crippen MR) is 192 cm³/mol. The van der Waals surface area contributed by atoms with Crippen LogP contribution in [0.5, 0.6) is 11.5 Å². The number of pyridine rings is 1. The van der Waals surface area contributed by atoms with Crippen LogP contribution in [0.4, 0.5) is 11.4 Å². The number of hydrogen-bond acceptors (Lipinski definition) is 9. The Balaban J connectivity index is 1.02. The summed E-state index contributed by atoms with van der Waals surface area (Å²) in [5.74, 6) is 2.22. The van der Waals surface area contributed by atoms with E-state index < -0.39 is 0 Å². The largest absolute Gasteiger partial charge is 0.489 e. The topological polar surface area (TPSA) is 142 Å². The Labute approximate surface area is 296 Å². The van der Waals surface area contributed by atoms with E-state index in [9.17, 15) is 9.59 Å². The number of carbonyl (C=O) groups is 2. The lowest BCUT2D eigenvalue weighted by Gasteiger charge is -2.11. The standard InChI is InChI=1S/C40H39N5O6/c1-24-7-6-8-33(26(24)3)40(47)42-30-11-15-32(16-12-30)49-23-35-28(5)51-45-37(35)18-17-36-34(27(4)50-44-36)22-48-31-13-9-29(10-14-31)39(46)43-38-21-41-20-19-25(38)2/h6-16,19-21H,17-18,22-23H2,1-5H3,(H,42,47)(H,43,46). The molecule has 0 radical (unpaired) electrons. The van der Waals surface area contributed by atoms with Crippen LogP contribution >= 0.6 is 0 Å². The highest BCUT2D eigenvalue weighted by Gasteiger charge is 2.19. The molecular formula is C40H39N5O6. The Hall–Kier alpha value is -6.23. The van der Waals surface area contributed by atoms with E-state index in [2.05, 4.69) is 25.9 Å². The second kappa shape index (κ2) is 15.5. The molecule has 3 aromatic carbocycles. The molecule has 0 aliphatic carbocycles. The second-order valence-electron chi connectivity index (χ2n) is 12.3. The highest BCUT2D eigenvalue weighted by atomic mass is 16.5. The van der Waals surface area contributed by atoms with Crippen molar-refractivity contribution >= 4 is 23.2 Å². The van der Waals surface area contributed by atoms with Crippen LogP contribution in [-0.4, -0.2) is 27.1 Å². The average Bonchev–Trinajstić information content (AvgIpc) is 3.67. The van der Waals surface area contributed by atoms with Gasteiger partial charge in [-0.3, -0.25) is 14.6 Å². The molecule has 0 saturated heterocycles. The lowest BCUT2D eigenvalue weighted by atomic mass is 10.0. The van der Waals surface area contributed by atoms with Crippen LogP contribution in [0.3, 0.4) is 0 Å². The van der Waals surface area contributed by atoms with Crippen LogP contribution in [0.2, 0.25) is 0 Å². The molecule has 260 valence electrons. The number of aromatic nitrogens is 3. The summed E-state index contributed by atoms with van der Waals surface area (Å²) in [5.41, 5.74) is 8.71. The molecule has 6 rings (SSSR count). The molecule has 0 bridgehead atoms. The maximum absolute atomic E-state index is 12.8. The Kier molecular flexibility index (Phi) is 10.6. The van der Waals surface area contributed by atoms with Crippen LogP contribution in [0.1, 0.15) is 71.4 Å². The number of rotatable bonds is 13. The summed E-state index contributed by atoms with van der Waals surface area (Å²) in [6, 6.07) is 21.7. The summed E-state index contributed by atoms with van der Waals surface area (Å²) in [7, 11) is 0. The van der Waals surface area contributed by atoms with Gasteiger partial charge >= 0.3 is 0 Å². The zero-order valence-corrected chi connectivity index (χ0v) is 29.2.